The van der Waals surface area contributed by atoms with Gasteiger partial charge < -0.3 is 14.2 Å². The highest BCUT2D eigenvalue weighted by Crippen LogP contribution is 2.33. The van der Waals surface area contributed by atoms with Gasteiger partial charge in [-0.1, -0.05) is 55.9 Å². The molecule has 0 radical (unpaired) electrons. The molecule has 0 spiro atoms. The molecule has 1 atom stereocenters. The minimum absolute atomic E-state index is 0.208. The monoisotopic (exact) mass is 520 g/mol. The summed E-state index contributed by atoms with van der Waals surface area (Å²) in [6, 6.07) is 14.4. The summed E-state index contributed by atoms with van der Waals surface area (Å²) in [6.07, 6.45) is 4.18. The summed E-state index contributed by atoms with van der Waals surface area (Å²) in [5.41, 5.74) is 2.48. The molecule has 3 aromatic rings. The normalized spacial score (nSPS) is 15.2. The first-order valence-corrected chi connectivity index (χ1v) is 13.4. The van der Waals surface area contributed by atoms with E-state index < -0.39 is 12.0 Å². The van der Waals surface area contributed by atoms with Crippen LogP contribution in [0.4, 0.5) is 0 Å². The van der Waals surface area contributed by atoms with Crippen LogP contribution in [0.15, 0.2) is 69.6 Å². The van der Waals surface area contributed by atoms with Crippen molar-refractivity contribution in [3.63, 3.8) is 0 Å². The van der Waals surface area contributed by atoms with Crippen molar-refractivity contribution in [1.82, 2.24) is 4.57 Å². The number of ether oxygens (including phenoxy) is 3. The van der Waals surface area contributed by atoms with E-state index in [0.717, 1.165) is 29.7 Å². The second-order valence-corrected chi connectivity index (χ2v) is 9.62. The van der Waals surface area contributed by atoms with Gasteiger partial charge in [0.05, 0.1) is 42.2 Å². The SMILES string of the molecule is CCCOc1ccc(/C=c2\sc3n(c2=O)[C@@H](c2cccc(OC)c2)C(C(=O)OCC)=C(CCC)N=3)cc1. The average Bonchev–Trinajstić information content (AvgIpc) is 3.22. The van der Waals surface area contributed by atoms with Crippen molar-refractivity contribution in [2.75, 3.05) is 20.3 Å². The van der Waals surface area contributed by atoms with Crippen LogP contribution in [0.25, 0.3) is 6.08 Å². The van der Waals surface area contributed by atoms with E-state index in [9.17, 15) is 9.59 Å². The minimum atomic E-state index is -0.668. The second kappa shape index (κ2) is 12.1. The van der Waals surface area contributed by atoms with Crippen LogP contribution in [0.3, 0.4) is 0 Å². The molecular weight excluding hydrogens is 488 g/mol. The van der Waals surface area contributed by atoms with Gasteiger partial charge in [0.2, 0.25) is 0 Å². The molecule has 7 nitrogen and oxygen atoms in total. The van der Waals surface area contributed by atoms with Gasteiger partial charge in [-0.3, -0.25) is 9.36 Å². The Morgan fingerprint density at radius 1 is 1.08 bits per heavy atom. The molecule has 0 bridgehead atoms. The van der Waals surface area contributed by atoms with Crippen LogP contribution in [0, 0.1) is 0 Å². The van der Waals surface area contributed by atoms with Gasteiger partial charge >= 0.3 is 5.97 Å². The Morgan fingerprint density at radius 3 is 2.54 bits per heavy atom. The summed E-state index contributed by atoms with van der Waals surface area (Å²) in [4.78, 5) is 32.4. The molecule has 2 heterocycles. The predicted octanol–water partition coefficient (Wildman–Crippen LogP) is 4.38. The number of methoxy groups -OCH3 is 1. The van der Waals surface area contributed by atoms with E-state index in [1.165, 1.54) is 11.3 Å². The van der Waals surface area contributed by atoms with Crippen molar-refractivity contribution in [3.8, 4) is 11.5 Å². The van der Waals surface area contributed by atoms with Crippen molar-refractivity contribution in [2.24, 2.45) is 4.99 Å². The summed E-state index contributed by atoms with van der Waals surface area (Å²) in [7, 11) is 1.59. The van der Waals surface area contributed by atoms with E-state index >= 15 is 0 Å². The quantitative estimate of drug-likeness (QED) is 0.371. The van der Waals surface area contributed by atoms with Crippen molar-refractivity contribution < 1.29 is 19.0 Å². The van der Waals surface area contributed by atoms with E-state index in [4.69, 9.17) is 19.2 Å². The number of esters is 1. The maximum absolute atomic E-state index is 13.8. The van der Waals surface area contributed by atoms with Gasteiger partial charge in [-0.2, -0.15) is 0 Å². The van der Waals surface area contributed by atoms with Gasteiger partial charge in [-0.25, -0.2) is 9.79 Å². The number of carbonyl (C=O) groups excluding carboxylic acids is 1. The Morgan fingerprint density at radius 2 is 1.86 bits per heavy atom. The topological polar surface area (TPSA) is 79.1 Å². The van der Waals surface area contributed by atoms with Crippen LogP contribution in [0.1, 0.15) is 57.2 Å². The summed E-state index contributed by atoms with van der Waals surface area (Å²) < 4.78 is 18.7. The second-order valence-electron chi connectivity index (χ2n) is 8.61. The maximum Gasteiger partial charge on any atom is 0.338 e. The summed E-state index contributed by atoms with van der Waals surface area (Å²) in [6.45, 7) is 6.76. The van der Waals surface area contributed by atoms with E-state index in [-0.39, 0.29) is 12.2 Å². The highest BCUT2D eigenvalue weighted by molar-refractivity contribution is 7.07. The Labute approximate surface area is 220 Å². The molecule has 1 aromatic heterocycles. The number of thiazole rings is 1. The molecule has 0 amide bonds. The smallest absolute Gasteiger partial charge is 0.338 e. The molecule has 0 unspecified atom stereocenters. The third-order valence-corrected chi connectivity index (χ3v) is 6.94. The highest BCUT2D eigenvalue weighted by atomic mass is 32.1. The number of hydrogen-bond acceptors (Lipinski definition) is 7. The Hall–Kier alpha value is -3.65. The molecule has 4 rings (SSSR count). The molecule has 0 fully saturated rings. The van der Waals surface area contributed by atoms with E-state index in [1.54, 1.807) is 18.6 Å². The van der Waals surface area contributed by atoms with Crippen LogP contribution < -0.4 is 24.4 Å². The van der Waals surface area contributed by atoms with E-state index in [1.807, 2.05) is 61.5 Å². The van der Waals surface area contributed by atoms with Crippen LogP contribution in [0.2, 0.25) is 0 Å². The summed E-state index contributed by atoms with van der Waals surface area (Å²) in [5, 5.41) is 0. The lowest BCUT2D eigenvalue weighted by Crippen LogP contribution is -2.40. The molecule has 194 valence electrons. The highest BCUT2D eigenvalue weighted by Gasteiger charge is 2.34. The van der Waals surface area contributed by atoms with Crippen LogP contribution in [0.5, 0.6) is 11.5 Å². The number of aromatic nitrogens is 1. The van der Waals surface area contributed by atoms with Gasteiger partial charge in [-0.05, 0) is 61.2 Å². The molecule has 1 aliphatic rings. The lowest BCUT2D eigenvalue weighted by Gasteiger charge is -2.26. The van der Waals surface area contributed by atoms with Crippen LogP contribution in [-0.4, -0.2) is 30.9 Å². The fourth-order valence-corrected chi connectivity index (χ4v) is 5.30. The molecule has 0 saturated heterocycles. The third-order valence-electron chi connectivity index (χ3n) is 5.95. The first-order valence-electron chi connectivity index (χ1n) is 12.6. The number of carbonyl (C=O) groups is 1. The molecule has 0 N–H and O–H groups in total. The number of rotatable bonds is 10. The van der Waals surface area contributed by atoms with Gasteiger partial charge in [0.1, 0.15) is 11.5 Å². The molecule has 37 heavy (non-hydrogen) atoms. The van der Waals surface area contributed by atoms with Crippen molar-refractivity contribution in [2.45, 2.75) is 46.1 Å². The number of nitrogens with zero attached hydrogens (tertiary/aromatic N) is 2. The van der Waals surface area contributed by atoms with Crippen molar-refractivity contribution in [3.05, 3.63) is 90.6 Å². The minimum Gasteiger partial charge on any atom is -0.497 e. The Kier molecular flexibility index (Phi) is 8.61. The van der Waals surface area contributed by atoms with Gasteiger partial charge in [0, 0.05) is 0 Å². The standard InChI is InChI=1S/C29H32N2O5S/c1-5-9-23-25(28(33)35-7-3)26(20-10-8-11-22(18-20)34-4)31-27(32)24(37-29(31)30-23)17-19-12-14-21(15-13-19)36-16-6-2/h8,10-15,17-18,26H,5-7,9,16H2,1-4H3/b24-17-/t26-/m0/s1. The van der Waals surface area contributed by atoms with E-state index in [0.29, 0.717) is 39.4 Å². The van der Waals surface area contributed by atoms with Crippen LogP contribution in [-0.2, 0) is 9.53 Å². The zero-order valence-corrected chi connectivity index (χ0v) is 22.5. The number of fused-ring (bicyclic) bond motifs is 1. The first kappa shape index (κ1) is 26.4. The van der Waals surface area contributed by atoms with Gasteiger partial charge in [-0.15, -0.1) is 0 Å². The third kappa shape index (κ3) is 5.69. The molecule has 0 aliphatic carbocycles. The van der Waals surface area contributed by atoms with Crippen LogP contribution >= 0.6 is 11.3 Å². The Balaban J connectivity index is 1.90. The lowest BCUT2D eigenvalue weighted by molar-refractivity contribution is -0.139. The number of benzene rings is 2. The summed E-state index contributed by atoms with van der Waals surface area (Å²) in [5.74, 6) is 0.975. The maximum atomic E-state index is 13.8. The molecule has 1 aliphatic heterocycles. The lowest BCUT2D eigenvalue weighted by atomic mass is 9.94. The molecule has 8 heteroatoms. The fourth-order valence-electron chi connectivity index (χ4n) is 4.28. The predicted molar refractivity (Wildman–Crippen MR) is 145 cm³/mol. The molecule has 0 saturated carbocycles. The molecule has 2 aromatic carbocycles. The number of allylic oxidation sites excluding steroid dienone is 1. The van der Waals surface area contributed by atoms with Gasteiger partial charge in [0.25, 0.3) is 5.56 Å². The zero-order valence-electron chi connectivity index (χ0n) is 21.7. The van der Waals surface area contributed by atoms with E-state index in [2.05, 4.69) is 6.92 Å². The van der Waals surface area contributed by atoms with Gasteiger partial charge in [0.15, 0.2) is 4.80 Å². The number of hydrogen-bond donors (Lipinski definition) is 0. The summed E-state index contributed by atoms with van der Waals surface area (Å²) >= 11 is 1.32. The zero-order chi connectivity index (χ0) is 26.4. The van der Waals surface area contributed by atoms with Crippen molar-refractivity contribution >= 4 is 23.4 Å². The first-order chi connectivity index (χ1) is 18.0. The average molecular weight is 521 g/mol. The van der Waals surface area contributed by atoms with Crippen molar-refractivity contribution in [1.29, 1.82) is 0 Å². The largest absolute Gasteiger partial charge is 0.497 e. The fraction of sp³-hybridized carbons (Fsp3) is 0.345. The molecular formula is C29H32N2O5S. The Bertz CT molecular complexity index is 1470.